The van der Waals surface area contributed by atoms with Crippen molar-refractivity contribution in [1.29, 1.82) is 0 Å². The summed E-state index contributed by atoms with van der Waals surface area (Å²) in [5.74, 6) is 1.70. The van der Waals surface area contributed by atoms with Crippen molar-refractivity contribution >= 4 is 10.0 Å². The van der Waals surface area contributed by atoms with Crippen molar-refractivity contribution in [2.24, 2.45) is 0 Å². The van der Waals surface area contributed by atoms with Gasteiger partial charge in [-0.1, -0.05) is 12.1 Å². The monoisotopic (exact) mass is 325 g/mol. The predicted octanol–water partition coefficient (Wildman–Crippen LogP) is 1.26. The zero-order valence-electron chi connectivity index (χ0n) is 12.8. The Balaban J connectivity index is 1.93. The van der Waals surface area contributed by atoms with Crippen LogP contribution in [0.5, 0.6) is 0 Å². The van der Waals surface area contributed by atoms with E-state index in [-0.39, 0.29) is 16.7 Å². The molecule has 0 amide bonds. The molecule has 120 valence electrons. The molecule has 1 unspecified atom stereocenters. The summed E-state index contributed by atoms with van der Waals surface area (Å²) in [6, 6.07) is -0.375. The lowest BCUT2D eigenvalue weighted by Gasteiger charge is -2.22. The first-order chi connectivity index (χ1) is 10.4. The third kappa shape index (κ3) is 2.54. The van der Waals surface area contributed by atoms with Crippen LogP contribution in [0.2, 0.25) is 0 Å². The average molecular weight is 325 g/mol. The Morgan fingerprint density at radius 2 is 2.18 bits per heavy atom. The predicted molar refractivity (Wildman–Crippen MR) is 77.7 cm³/mol. The first-order valence-electron chi connectivity index (χ1n) is 7.31. The maximum absolute atomic E-state index is 12.6. The van der Waals surface area contributed by atoms with E-state index < -0.39 is 10.0 Å². The van der Waals surface area contributed by atoms with Crippen molar-refractivity contribution in [1.82, 2.24) is 24.6 Å². The molecule has 1 N–H and O–H groups in total. The highest BCUT2D eigenvalue weighted by atomic mass is 32.2. The lowest BCUT2D eigenvalue weighted by atomic mass is 10.1. The minimum atomic E-state index is -3.71. The van der Waals surface area contributed by atoms with Gasteiger partial charge in [0.2, 0.25) is 10.0 Å². The molecule has 0 fully saturated rings. The standard InChI is InChI=1S/C13H19N5O3S/c1-4-11-14-13-10(6-5-7-18(13)15-11)17-22(19,20)12-8(2)16-21-9(12)3/h10,17H,4-7H2,1-3H3. The summed E-state index contributed by atoms with van der Waals surface area (Å²) in [7, 11) is -3.71. The van der Waals surface area contributed by atoms with Crippen LogP contribution in [-0.2, 0) is 23.0 Å². The lowest BCUT2D eigenvalue weighted by molar-refractivity contribution is 0.389. The highest BCUT2D eigenvalue weighted by Gasteiger charge is 2.31. The van der Waals surface area contributed by atoms with Gasteiger partial charge in [0.1, 0.15) is 16.4 Å². The molecule has 22 heavy (non-hydrogen) atoms. The van der Waals surface area contributed by atoms with Gasteiger partial charge in [-0.2, -0.15) is 5.10 Å². The summed E-state index contributed by atoms with van der Waals surface area (Å²) in [6.07, 6.45) is 2.28. The molecule has 2 aromatic rings. The second-order valence-corrected chi connectivity index (χ2v) is 7.08. The zero-order valence-corrected chi connectivity index (χ0v) is 13.6. The number of fused-ring (bicyclic) bond motifs is 1. The van der Waals surface area contributed by atoms with Crippen LogP contribution in [0.3, 0.4) is 0 Å². The fraction of sp³-hybridized carbons (Fsp3) is 0.615. The third-order valence-electron chi connectivity index (χ3n) is 3.77. The molecule has 8 nitrogen and oxygen atoms in total. The van der Waals surface area contributed by atoms with Crippen molar-refractivity contribution in [3.05, 3.63) is 23.1 Å². The van der Waals surface area contributed by atoms with Gasteiger partial charge < -0.3 is 4.52 Å². The summed E-state index contributed by atoms with van der Waals surface area (Å²) < 4.78 is 34.7. The Labute approximate surface area is 129 Å². The molecule has 0 aliphatic carbocycles. The van der Waals surface area contributed by atoms with Crippen molar-refractivity contribution < 1.29 is 12.9 Å². The van der Waals surface area contributed by atoms with E-state index in [2.05, 4.69) is 20.0 Å². The summed E-state index contributed by atoms with van der Waals surface area (Å²) in [6.45, 7) is 5.95. The number of aryl methyl sites for hydroxylation is 4. The van der Waals surface area contributed by atoms with Gasteiger partial charge in [0.15, 0.2) is 11.6 Å². The van der Waals surface area contributed by atoms with Gasteiger partial charge in [-0.15, -0.1) is 0 Å². The molecule has 0 aromatic carbocycles. The minimum absolute atomic E-state index is 0.111. The number of nitrogens with one attached hydrogen (secondary N) is 1. The second-order valence-electron chi connectivity index (χ2n) is 5.43. The van der Waals surface area contributed by atoms with E-state index in [9.17, 15) is 8.42 Å². The highest BCUT2D eigenvalue weighted by molar-refractivity contribution is 7.89. The van der Waals surface area contributed by atoms with Crippen molar-refractivity contribution in [3.8, 4) is 0 Å². The fourth-order valence-corrected chi connectivity index (χ4v) is 4.32. The molecular formula is C13H19N5O3S. The molecule has 0 spiro atoms. The number of nitrogens with zero attached hydrogens (tertiary/aromatic N) is 4. The van der Waals surface area contributed by atoms with Crippen LogP contribution in [0.1, 0.15) is 48.9 Å². The first-order valence-corrected chi connectivity index (χ1v) is 8.79. The van der Waals surface area contributed by atoms with Crippen molar-refractivity contribution in [2.45, 2.75) is 57.5 Å². The van der Waals surface area contributed by atoms with Crippen LogP contribution < -0.4 is 4.72 Å². The zero-order chi connectivity index (χ0) is 15.9. The van der Waals surface area contributed by atoms with Crippen LogP contribution >= 0.6 is 0 Å². The fourth-order valence-electron chi connectivity index (χ4n) is 2.77. The maximum atomic E-state index is 12.6. The van der Waals surface area contributed by atoms with E-state index in [1.807, 2.05) is 6.92 Å². The molecule has 0 radical (unpaired) electrons. The Morgan fingerprint density at radius 1 is 1.41 bits per heavy atom. The molecule has 0 saturated carbocycles. The van der Waals surface area contributed by atoms with E-state index >= 15 is 0 Å². The van der Waals surface area contributed by atoms with Crippen LogP contribution in [-0.4, -0.2) is 28.3 Å². The molecule has 3 heterocycles. The van der Waals surface area contributed by atoms with E-state index in [0.717, 1.165) is 25.2 Å². The quantitative estimate of drug-likeness (QED) is 0.907. The summed E-state index contributed by atoms with van der Waals surface area (Å²) in [4.78, 5) is 4.56. The Morgan fingerprint density at radius 3 is 2.82 bits per heavy atom. The van der Waals surface area contributed by atoms with Crippen LogP contribution in [0.15, 0.2) is 9.42 Å². The maximum Gasteiger partial charge on any atom is 0.246 e. The van der Waals surface area contributed by atoms with E-state index in [1.165, 1.54) is 0 Å². The van der Waals surface area contributed by atoms with Gasteiger partial charge in [-0.3, -0.25) is 0 Å². The van der Waals surface area contributed by atoms with Crippen LogP contribution in [0.25, 0.3) is 0 Å². The summed E-state index contributed by atoms with van der Waals surface area (Å²) in [5.41, 5.74) is 0.358. The number of hydrogen-bond acceptors (Lipinski definition) is 6. The van der Waals surface area contributed by atoms with Crippen LogP contribution in [0.4, 0.5) is 0 Å². The molecule has 0 bridgehead atoms. The molecule has 1 atom stereocenters. The van der Waals surface area contributed by atoms with Crippen molar-refractivity contribution in [3.63, 3.8) is 0 Å². The third-order valence-corrected chi connectivity index (χ3v) is 5.48. The van der Waals surface area contributed by atoms with Gasteiger partial charge in [-0.25, -0.2) is 22.8 Å². The van der Waals surface area contributed by atoms with E-state index in [4.69, 9.17) is 4.52 Å². The van der Waals surface area contributed by atoms with Crippen molar-refractivity contribution in [2.75, 3.05) is 0 Å². The molecule has 9 heteroatoms. The number of sulfonamides is 1. The topological polar surface area (TPSA) is 103 Å². The summed E-state index contributed by atoms with van der Waals surface area (Å²) in [5, 5.41) is 8.10. The Bertz CT molecular complexity index is 773. The van der Waals surface area contributed by atoms with Gasteiger partial charge >= 0.3 is 0 Å². The van der Waals surface area contributed by atoms with Crippen LogP contribution in [0, 0.1) is 13.8 Å². The molecule has 3 rings (SSSR count). The van der Waals surface area contributed by atoms with Gasteiger partial charge in [0.25, 0.3) is 0 Å². The SMILES string of the molecule is CCc1nc2n(n1)CCCC2NS(=O)(=O)c1c(C)noc1C. The molecule has 2 aromatic heterocycles. The number of hydrogen-bond donors (Lipinski definition) is 1. The van der Waals surface area contributed by atoms with Gasteiger partial charge in [0.05, 0.1) is 6.04 Å². The minimum Gasteiger partial charge on any atom is -0.360 e. The van der Waals surface area contributed by atoms with E-state index in [1.54, 1.807) is 18.5 Å². The number of aromatic nitrogens is 4. The molecule has 1 aliphatic heterocycles. The van der Waals surface area contributed by atoms with Gasteiger partial charge in [-0.05, 0) is 26.7 Å². The average Bonchev–Trinajstić information content (AvgIpc) is 3.02. The number of rotatable bonds is 4. The Hall–Kier alpha value is -1.74. The summed E-state index contributed by atoms with van der Waals surface area (Å²) >= 11 is 0. The lowest BCUT2D eigenvalue weighted by Crippen LogP contribution is -2.33. The molecule has 1 aliphatic rings. The smallest absolute Gasteiger partial charge is 0.246 e. The highest BCUT2D eigenvalue weighted by Crippen LogP contribution is 2.27. The van der Waals surface area contributed by atoms with E-state index in [0.29, 0.717) is 17.9 Å². The normalized spacial score (nSPS) is 18.4. The first kappa shape index (κ1) is 15.2. The largest absolute Gasteiger partial charge is 0.360 e. The van der Waals surface area contributed by atoms with Gasteiger partial charge in [0, 0.05) is 13.0 Å². The molecule has 0 saturated heterocycles. The Kier molecular flexibility index (Phi) is 3.77. The molecular weight excluding hydrogens is 306 g/mol. The second kappa shape index (κ2) is 5.47.